The van der Waals surface area contributed by atoms with E-state index in [1.807, 2.05) is 0 Å². The molecule has 10 heavy (non-hydrogen) atoms. The molecule has 0 bridgehead atoms. The summed E-state index contributed by atoms with van der Waals surface area (Å²) in [6.07, 6.45) is 4.29. The zero-order valence-electron chi connectivity index (χ0n) is 5.63. The number of H-pyrrole nitrogens is 1. The van der Waals surface area contributed by atoms with Crippen LogP contribution in [0.3, 0.4) is 0 Å². The van der Waals surface area contributed by atoms with Crippen LogP contribution in [-0.2, 0) is 0 Å². The Kier molecular flexibility index (Phi) is 2.20. The molecule has 1 heterocycles. The number of imidazole rings is 1. The van der Waals surface area contributed by atoms with Crippen LogP contribution < -0.4 is 0 Å². The summed E-state index contributed by atoms with van der Waals surface area (Å²) in [6, 6.07) is 0. The van der Waals surface area contributed by atoms with Crippen LogP contribution in [-0.4, -0.2) is 15.8 Å². The van der Waals surface area contributed by atoms with Gasteiger partial charge in [0.05, 0.1) is 0 Å². The van der Waals surface area contributed by atoms with Crippen LogP contribution in [0.2, 0.25) is 0 Å². The molecule has 1 radical (unpaired) electrons. The second kappa shape index (κ2) is 3.15. The van der Waals surface area contributed by atoms with Gasteiger partial charge in [-0.15, -0.1) is 0 Å². The summed E-state index contributed by atoms with van der Waals surface area (Å²) < 4.78 is 0. The van der Waals surface area contributed by atoms with Gasteiger partial charge in [-0.3, -0.25) is 4.79 Å². The predicted molar refractivity (Wildman–Crippen MR) is 37.5 cm³/mol. The molecule has 0 aliphatic heterocycles. The first-order valence-corrected chi connectivity index (χ1v) is 3.16. The lowest BCUT2D eigenvalue weighted by Gasteiger charge is -1.90. The Hall–Kier alpha value is -1.12. The fourth-order valence-corrected chi connectivity index (χ4v) is 0.697. The lowest BCUT2D eigenvalue weighted by Crippen LogP contribution is -1.99. The Bertz CT molecular complexity index is 203. The third kappa shape index (κ3) is 1.43. The van der Waals surface area contributed by atoms with Gasteiger partial charge in [-0.2, -0.15) is 0 Å². The Labute approximate surface area is 59.5 Å². The SMILES string of the molecule is [CH2]CCC(=O)c1ncc[nH]1. The van der Waals surface area contributed by atoms with Crippen LogP contribution >= 0.6 is 0 Å². The van der Waals surface area contributed by atoms with Crippen molar-refractivity contribution in [1.29, 1.82) is 0 Å². The van der Waals surface area contributed by atoms with E-state index in [0.29, 0.717) is 18.7 Å². The van der Waals surface area contributed by atoms with Crippen molar-refractivity contribution >= 4 is 5.78 Å². The summed E-state index contributed by atoms with van der Waals surface area (Å²) >= 11 is 0. The number of nitrogens with one attached hydrogen (secondary N) is 1. The smallest absolute Gasteiger partial charge is 0.198 e. The van der Waals surface area contributed by atoms with Crippen molar-refractivity contribution in [3.63, 3.8) is 0 Å². The molecule has 0 amide bonds. The topological polar surface area (TPSA) is 45.8 Å². The zero-order valence-corrected chi connectivity index (χ0v) is 5.63. The Morgan fingerprint density at radius 1 is 1.80 bits per heavy atom. The highest BCUT2D eigenvalue weighted by Crippen LogP contribution is 1.97. The Morgan fingerprint density at radius 3 is 3.10 bits per heavy atom. The lowest BCUT2D eigenvalue weighted by atomic mass is 10.2. The van der Waals surface area contributed by atoms with Crippen molar-refractivity contribution in [3.8, 4) is 0 Å². The normalized spacial score (nSPS) is 9.70. The summed E-state index contributed by atoms with van der Waals surface area (Å²) in [5, 5.41) is 0. The number of aromatic nitrogens is 2. The molecular formula is C7H9N2O. The Morgan fingerprint density at radius 2 is 2.60 bits per heavy atom. The lowest BCUT2D eigenvalue weighted by molar-refractivity contribution is 0.0974. The first kappa shape index (κ1) is 6.99. The van der Waals surface area contributed by atoms with E-state index >= 15 is 0 Å². The highest BCUT2D eigenvalue weighted by Gasteiger charge is 2.04. The fraction of sp³-hybridized carbons (Fsp3) is 0.286. The van der Waals surface area contributed by atoms with Crippen molar-refractivity contribution in [2.45, 2.75) is 12.8 Å². The molecule has 0 fully saturated rings. The van der Waals surface area contributed by atoms with Gasteiger partial charge >= 0.3 is 0 Å². The average molecular weight is 137 g/mol. The molecule has 1 aromatic heterocycles. The molecular weight excluding hydrogens is 128 g/mol. The standard InChI is InChI=1S/C7H9N2O/c1-2-3-6(10)7-8-4-5-9-7/h4-5H,1-3H2,(H,8,9). The summed E-state index contributed by atoms with van der Waals surface area (Å²) in [7, 11) is 0. The van der Waals surface area contributed by atoms with Gasteiger partial charge in [0.1, 0.15) is 0 Å². The highest BCUT2D eigenvalue weighted by atomic mass is 16.1. The van der Waals surface area contributed by atoms with Gasteiger partial charge in [0, 0.05) is 18.8 Å². The molecule has 1 rings (SSSR count). The van der Waals surface area contributed by atoms with Gasteiger partial charge in [0.2, 0.25) is 0 Å². The minimum Gasteiger partial charge on any atom is -0.342 e. The molecule has 1 N–H and O–H groups in total. The third-order valence-corrected chi connectivity index (χ3v) is 1.17. The van der Waals surface area contributed by atoms with E-state index in [1.165, 1.54) is 0 Å². The van der Waals surface area contributed by atoms with Crippen molar-refractivity contribution in [1.82, 2.24) is 9.97 Å². The first-order chi connectivity index (χ1) is 4.84. The van der Waals surface area contributed by atoms with E-state index in [1.54, 1.807) is 12.4 Å². The molecule has 53 valence electrons. The van der Waals surface area contributed by atoms with Gasteiger partial charge in [-0.1, -0.05) is 6.92 Å². The van der Waals surface area contributed by atoms with E-state index in [2.05, 4.69) is 16.9 Å². The number of Topliss-reactive ketones (excluding diaryl/α,β-unsaturated/α-hetero) is 1. The maximum Gasteiger partial charge on any atom is 0.198 e. The minimum atomic E-state index is 0.0278. The quantitative estimate of drug-likeness (QED) is 0.636. The van der Waals surface area contributed by atoms with Crippen LogP contribution in [0.15, 0.2) is 12.4 Å². The van der Waals surface area contributed by atoms with Crippen LogP contribution in [0.25, 0.3) is 0 Å². The molecule has 3 nitrogen and oxygen atoms in total. The minimum absolute atomic E-state index is 0.0278. The summed E-state index contributed by atoms with van der Waals surface area (Å²) in [5.74, 6) is 0.462. The van der Waals surface area contributed by atoms with Crippen molar-refractivity contribution in [3.05, 3.63) is 25.1 Å². The molecule has 0 saturated heterocycles. The number of aromatic amines is 1. The molecule has 0 saturated carbocycles. The molecule has 0 aliphatic carbocycles. The van der Waals surface area contributed by atoms with E-state index < -0.39 is 0 Å². The molecule has 0 aromatic carbocycles. The van der Waals surface area contributed by atoms with E-state index in [0.717, 1.165) is 0 Å². The van der Waals surface area contributed by atoms with Gasteiger partial charge < -0.3 is 4.98 Å². The maximum atomic E-state index is 11.0. The number of carbonyl (C=O) groups is 1. The molecule has 0 aliphatic rings. The number of nitrogens with zero attached hydrogens (tertiary/aromatic N) is 1. The van der Waals surface area contributed by atoms with Crippen molar-refractivity contribution in [2.24, 2.45) is 0 Å². The Balaban J connectivity index is 2.59. The fourth-order valence-electron chi connectivity index (χ4n) is 0.697. The second-order valence-electron chi connectivity index (χ2n) is 1.96. The largest absolute Gasteiger partial charge is 0.342 e. The number of hydrogen-bond acceptors (Lipinski definition) is 2. The van der Waals surface area contributed by atoms with Crippen LogP contribution in [0.5, 0.6) is 0 Å². The third-order valence-electron chi connectivity index (χ3n) is 1.17. The molecule has 3 heteroatoms. The number of carbonyl (C=O) groups excluding carboxylic acids is 1. The van der Waals surface area contributed by atoms with Crippen LogP contribution in [0.1, 0.15) is 23.5 Å². The van der Waals surface area contributed by atoms with Crippen molar-refractivity contribution < 1.29 is 4.79 Å². The van der Waals surface area contributed by atoms with E-state index in [-0.39, 0.29) is 5.78 Å². The summed E-state index contributed by atoms with van der Waals surface area (Å²) in [5.41, 5.74) is 0. The van der Waals surface area contributed by atoms with Gasteiger partial charge in [-0.25, -0.2) is 4.98 Å². The second-order valence-corrected chi connectivity index (χ2v) is 1.96. The van der Waals surface area contributed by atoms with E-state index in [9.17, 15) is 4.79 Å². The summed E-state index contributed by atoms with van der Waals surface area (Å²) in [4.78, 5) is 17.5. The molecule has 0 spiro atoms. The summed E-state index contributed by atoms with van der Waals surface area (Å²) in [6.45, 7) is 3.57. The number of ketones is 1. The first-order valence-electron chi connectivity index (χ1n) is 3.16. The number of rotatable bonds is 3. The maximum absolute atomic E-state index is 11.0. The molecule has 1 aromatic rings. The molecule has 0 unspecified atom stereocenters. The van der Waals surface area contributed by atoms with E-state index in [4.69, 9.17) is 0 Å². The number of hydrogen-bond donors (Lipinski definition) is 1. The van der Waals surface area contributed by atoms with Gasteiger partial charge in [-0.05, 0) is 6.42 Å². The van der Waals surface area contributed by atoms with Gasteiger partial charge in [0.15, 0.2) is 11.6 Å². The zero-order chi connectivity index (χ0) is 7.40. The van der Waals surface area contributed by atoms with Gasteiger partial charge in [0.25, 0.3) is 0 Å². The van der Waals surface area contributed by atoms with Crippen LogP contribution in [0, 0.1) is 6.92 Å². The molecule has 0 atom stereocenters. The van der Waals surface area contributed by atoms with Crippen molar-refractivity contribution in [2.75, 3.05) is 0 Å². The predicted octanol–water partition coefficient (Wildman–Crippen LogP) is 1.21. The average Bonchev–Trinajstić information content (AvgIpc) is 2.38. The monoisotopic (exact) mass is 137 g/mol. The van der Waals surface area contributed by atoms with Crippen LogP contribution in [0.4, 0.5) is 0 Å². The highest BCUT2D eigenvalue weighted by molar-refractivity contribution is 5.92.